The molecule has 0 aromatic rings. The summed E-state index contributed by atoms with van der Waals surface area (Å²) in [4.78, 5) is 53.4. The van der Waals surface area contributed by atoms with E-state index in [1.165, 1.54) is 18.7 Å². The number of amides is 3. The maximum absolute atomic E-state index is 12.9. The number of thioether (sulfide) groups is 1. The zero-order chi connectivity index (χ0) is 26.4. The van der Waals surface area contributed by atoms with E-state index in [0.29, 0.717) is 12.2 Å². The molecule has 11 N–H and O–H groups in total. The normalized spacial score (nSPS) is 15.4. The van der Waals surface area contributed by atoms with Crippen LogP contribution in [0.2, 0.25) is 0 Å². The number of nitrogens with zero attached hydrogens (tertiary/aromatic N) is 1. The molecule has 3 amide bonds. The van der Waals surface area contributed by atoms with Crippen LogP contribution in [0.25, 0.3) is 0 Å². The van der Waals surface area contributed by atoms with Crippen LogP contribution in [-0.4, -0.2) is 88.7 Å². The van der Waals surface area contributed by atoms with Crippen molar-refractivity contribution in [2.45, 2.75) is 70.3 Å². The third-order valence-corrected chi connectivity index (χ3v) is 5.52. The Morgan fingerprint density at radius 1 is 0.941 bits per heavy atom. The minimum absolute atomic E-state index is 0.0863. The van der Waals surface area contributed by atoms with Crippen LogP contribution in [-0.2, 0) is 19.2 Å². The van der Waals surface area contributed by atoms with Gasteiger partial charge in [0.25, 0.3) is 0 Å². The summed E-state index contributed by atoms with van der Waals surface area (Å²) in [5, 5.41) is 26.5. The molecule has 0 heterocycles. The number of carbonyl (C=O) groups is 4. The lowest BCUT2D eigenvalue weighted by atomic mass is 10.0. The molecule has 0 spiro atoms. The number of carboxylic acid groups (broad SMARTS) is 1. The molecule has 0 aliphatic carbocycles. The van der Waals surface area contributed by atoms with Crippen molar-refractivity contribution in [1.29, 1.82) is 0 Å². The Bertz CT molecular complexity index is 716. The molecule has 0 aliphatic rings. The van der Waals surface area contributed by atoms with Gasteiger partial charge in [0, 0.05) is 6.54 Å². The van der Waals surface area contributed by atoms with Gasteiger partial charge in [0.05, 0.1) is 6.10 Å². The lowest BCUT2D eigenvalue weighted by Crippen LogP contribution is -2.59. The minimum Gasteiger partial charge on any atom is -0.480 e. The molecule has 14 heteroatoms. The van der Waals surface area contributed by atoms with E-state index >= 15 is 0 Å². The maximum atomic E-state index is 12.9. The highest BCUT2D eigenvalue weighted by molar-refractivity contribution is 7.98. The standard InChI is InChI=1S/C20H39N7O6S/c1-10(2)15(27-17(30)14(21)11(3)28)18(31)25-12(7-9-34-4)16(29)26-13(19(32)33)6-5-8-24-20(22)23/h10-15,28H,5-9,21H2,1-4H3,(H,25,31)(H,26,29)(H,27,30)(H,32,33)(H4,22,23,24). The first-order valence-corrected chi connectivity index (χ1v) is 12.3. The molecule has 0 bridgehead atoms. The van der Waals surface area contributed by atoms with Crippen LogP contribution in [0.5, 0.6) is 0 Å². The molecule has 0 aliphatic heterocycles. The van der Waals surface area contributed by atoms with E-state index in [0.717, 1.165) is 0 Å². The number of hydrogen-bond acceptors (Lipinski definition) is 8. The molecular weight excluding hydrogens is 466 g/mol. The van der Waals surface area contributed by atoms with Crippen LogP contribution in [0, 0.1) is 5.92 Å². The second kappa shape index (κ2) is 16.1. The first-order valence-electron chi connectivity index (χ1n) is 10.9. The van der Waals surface area contributed by atoms with E-state index in [4.69, 9.17) is 17.2 Å². The molecule has 0 fully saturated rings. The van der Waals surface area contributed by atoms with Crippen molar-refractivity contribution in [3.05, 3.63) is 0 Å². The van der Waals surface area contributed by atoms with Gasteiger partial charge < -0.3 is 43.4 Å². The SMILES string of the molecule is CSCCC(NC(=O)C(NC(=O)C(N)C(C)O)C(C)C)C(=O)NC(CCCN=C(N)N)C(=O)O. The summed E-state index contributed by atoms with van der Waals surface area (Å²) in [5.41, 5.74) is 16.1. The van der Waals surface area contributed by atoms with E-state index in [1.807, 2.05) is 6.26 Å². The largest absolute Gasteiger partial charge is 0.480 e. The average molecular weight is 506 g/mol. The minimum atomic E-state index is -1.23. The Labute approximate surface area is 204 Å². The number of carboxylic acids is 1. The zero-order valence-corrected chi connectivity index (χ0v) is 20.9. The Balaban J connectivity index is 5.36. The van der Waals surface area contributed by atoms with Gasteiger partial charge in [-0.25, -0.2) is 4.79 Å². The summed E-state index contributed by atoms with van der Waals surface area (Å²) in [6, 6.07) is -4.46. The smallest absolute Gasteiger partial charge is 0.326 e. The van der Waals surface area contributed by atoms with Crippen molar-refractivity contribution in [1.82, 2.24) is 16.0 Å². The third kappa shape index (κ3) is 12.0. The van der Waals surface area contributed by atoms with Gasteiger partial charge in [-0.2, -0.15) is 11.8 Å². The molecule has 0 saturated heterocycles. The number of nitrogens with one attached hydrogen (secondary N) is 3. The Kier molecular flexibility index (Phi) is 14.9. The number of aliphatic hydroxyl groups is 1. The number of carbonyl (C=O) groups excluding carboxylic acids is 3. The van der Waals surface area contributed by atoms with E-state index in [9.17, 15) is 29.4 Å². The first-order chi connectivity index (χ1) is 15.8. The van der Waals surface area contributed by atoms with Crippen molar-refractivity contribution in [3.8, 4) is 0 Å². The van der Waals surface area contributed by atoms with Gasteiger partial charge in [-0.15, -0.1) is 0 Å². The highest BCUT2D eigenvalue weighted by atomic mass is 32.2. The Morgan fingerprint density at radius 2 is 1.53 bits per heavy atom. The fourth-order valence-corrected chi connectivity index (χ4v) is 3.27. The fourth-order valence-electron chi connectivity index (χ4n) is 2.80. The topological polar surface area (TPSA) is 235 Å². The number of rotatable bonds is 16. The van der Waals surface area contributed by atoms with Crippen molar-refractivity contribution < 1.29 is 29.4 Å². The van der Waals surface area contributed by atoms with Crippen molar-refractivity contribution in [2.75, 3.05) is 18.6 Å². The number of aliphatic imine (C=N–C) groups is 1. The zero-order valence-electron chi connectivity index (χ0n) is 20.1. The average Bonchev–Trinajstić information content (AvgIpc) is 2.74. The summed E-state index contributed by atoms with van der Waals surface area (Å²) in [6.45, 7) is 4.96. The molecule has 34 heavy (non-hydrogen) atoms. The lowest BCUT2D eigenvalue weighted by Gasteiger charge is -2.27. The number of aliphatic hydroxyl groups excluding tert-OH is 1. The maximum Gasteiger partial charge on any atom is 0.326 e. The molecule has 0 aromatic carbocycles. The summed E-state index contributed by atoms with van der Waals surface area (Å²) < 4.78 is 0. The Hall–Kier alpha value is -2.58. The van der Waals surface area contributed by atoms with Crippen LogP contribution >= 0.6 is 11.8 Å². The third-order valence-electron chi connectivity index (χ3n) is 4.87. The van der Waals surface area contributed by atoms with Gasteiger partial charge in [0.15, 0.2) is 5.96 Å². The summed E-state index contributed by atoms with van der Waals surface area (Å²) in [7, 11) is 0. The molecule has 5 atom stereocenters. The van der Waals surface area contributed by atoms with Crippen LogP contribution < -0.4 is 33.2 Å². The fraction of sp³-hybridized carbons (Fsp3) is 0.750. The van der Waals surface area contributed by atoms with E-state index < -0.39 is 54.0 Å². The van der Waals surface area contributed by atoms with Gasteiger partial charge in [-0.05, 0) is 44.1 Å². The summed E-state index contributed by atoms with van der Waals surface area (Å²) in [5.74, 6) is -3.17. The molecule has 0 radical (unpaired) electrons. The van der Waals surface area contributed by atoms with Crippen LogP contribution in [0.15, 0.2) is 4.99 Å². The molecule has 0 aromatic heterocycles. The second-order valence-corrected chi connectivity index (χ2v) is 9.17. The molecule has 13 nitrogen and oxygen atoms in total. The van der Waals surface area contributed by atoms with Gasteiger partial charge >= 0.3 is 5.97 Å². The van der Waals surface area contributed by atoms with Gasteiger partial charge in [-0.3, -0.25) is 19.4 Å². The summed E-state index contributed by atoms with van der Waals surface area (Å²) in [6.07, 6.45) is 1.36. The molecule has 5 unspecified atom stereocenters. The van der Waals surface area contributed by atoms with Crippen LogP contribution in [0.1, 0.15) is 40.0 Å². The molecule has 0 rings (SSSR count). The van der Waals surface area contributed by atoms with E-state index in [1.54, 1.807) is 13.8 Å². The predicted molar refractivity (Wildman–Crippen MR) is 131 cm³/mol. The second-order valence-electron chi connectivity index (χ2n) is 8.19. The highest BCUT2D eigenvalue weighted by Gasteiger charge is 2.32. The number of aliphatic carboxylic acids is 1. The van der Waals surface area contributed by atoms with Gasteiger partial charge in [-0.1, -0.05) is 13.8 Å². The monoisotopic (exact) mass is 505 g/mol. The quantitative estimate of drug-likeness (QED) is 0.0634. The van der Waals surface area contributed by atoms with Crippen LogP contribution in [0.3, 0.4) is 0 Å². The van der Waals surface area contributed by atoms with Gasteiger partial charge in [0.1, 0.15) is 24.2 Å². The molecular formula is C20H39N7O6S. The number of nitrogens with two attached hydrogens (primary N) is 3. The van der Waals surface area contributed by atoms with Crippen molar-refractivity contribution >= 4 is 41.4 Å². The predicted octanol–water partition coefficient (Wildman–Crippen LogP) is -2.30. The molecule has 0 saturated carbocycles. The first kappa shape index (κ1) is 31.4. The highest BCUT2D eigenvalue weighted by Crippen LogP contribution is 2.08. The van der Waals surface area contributed by atoms with Crippen LogP contribution in [0.4, 0.5) is 0 Å². The van der Waals surface area contributed by atoms with Gasteiger partial charge in [0.2, 0.25) is 17.7 Å². The van der Waals surface area contributed by atoms with E-state index in [2.05, 4.69) is 20.9 Å². The van der Waals surface area contributed by atoms with E-state index in [-0.39, 0.29) is 31.3 Å². The van der Waals surface area contributed by atoms with Crippen molar-refractivity contribution in [3.63, 3.8) is 0 Å². The van der Waals surface area contributed by atoms with Crippen molar-refractivity contribution in [2.24, 2.45) is 28.1 Å². The Morgan fingerprint density at radius 3 is 2.00 bits per heavy atom. The number of guanidine groups is 1. The number of hydrogen-bond donors (Lipinski definition) is 8. The summed E-state index contributed by atoms with van der Waals surface area (Å²) >= 11 is 1.45. The molecule has 196 valence electrons. The lowest BCUT2D eigenvalue weighted by molar-refractivity contribution is -0.142.